The predicted molar refractivity (Wildman–Crippen MR) is 104 cm³/mol. The summed E-state index contributed by atoms with van der Waals surface area (Å²) in [6.07, 6.45) is 0. The first-order valence-corrected chi connectivity index (χ1v) is 8.90. The summed E-state index contributed by atoms with van der Waals surface area (Å²) in [6, 6.07) is 27.7. The third-order valence-electron chi connectivity index (χ3n) is 5.67. The summed E-state index contributed by atoms with van der Waals surface area (Å²) in [5, 5.41) is 0. The molecule has 3 aromatic carbocycles. The number of hydrogen-bond donors (Lipinski definition) is 0. The molecule has 0 aliphatic carbocycles. The summed E-state index contributed by atoms with van der Waals surface area (Å²) in [5.74, 6) is 2.01. The van der Waals surface area contributed by atoms with Crippen molar-refractivity contribution in [3.63, 3.8) is 0 Å². The minimum Gasteiger partial charge on any atom is -0.497 e. The first kappa shape index (κ1) is 15.2. The van der Waals surface area contributed by atoms with Gasteiger partial charge >= 0.3 is 0 Å². The molecule has 0 amide bonds. The highest BCUT2D eigenvalue weighted by atomic mass is 16.5. The van der Waals surface area contributed by atoms with Crippen molar-refractivity contribution in [2.24, 2.45) is 0 Å². The summed E-state index contributed by atoms with van der Waals surface area (Å²) in [6.45, 7) is 2.30. The van der Waals surface area contributed by atoms with Gasteiger partial charge in [-0.2, -0.15) is 0 Å². The molecule has 3 heteroatoms. The molecule has 3 nitrogen and oxygen atoms in total. The Balaban J connectivity index is 1.76. The van der Waals surface area contributed by atoms with Gasteiger partial charge in [0.25, 0.3) is 0 Å². The Morgan fingerprint density at radius 1 is 0.885 bits per heavy atom. The largest absolute Gasteiger partial charge is 0.497 e. The van der Waals surface area contributed by atoms with E-state index in [1.165, 1.54) is 16.6 Å². The van der Waals surface area contributed by atoms with Crippen LogP contribution in [0.3, 0.4) is 0 Å². The molecule has 1 aliphatic heterocycles. The molecule has 0 saturated carbocycles. The standard InChI is InChI=1S/C23H20N2O/c1-23(17-8-4-3-5-9-17)21(16-12-14-18(26-2)15-13-16)25-20-11-7-6-10-19(20)24-22(23)25/h3-15,21H,1-2H3/t21-,23-/m0/s1. The van der Waals surface area contributed by atoms with Crippen LogP contribution in [-0.2, 0) is 5.41 Å². The van der Waals surface area contributed by atoms with Crippen molar-refractivity contribution in [2.75, 3.05) is 7.11 Å². The number of nitrogens with zero attached hydrogens (tertiary/aromatic N) is 2. The van der Waals surface area contributed by atoms with Crippen molar-refractivity contribution in [3.8, 4) is 5.75 Å². The van der Waals surface area contributed by atoms with Crippen molar-refractivity contribution in [1.82, 2.24) is 9.55 Å². The number of para-hydroxylation sites is 2. The van der Waals surface area contributed by atoms with Crippen LogP contribution in [0.5, 0.6) is 5.75 Å². The van der Waals surface area contributed by atoms with E-state index in [1.54, 1.807) is 7.11 Å². The average Bonchev–Trinajstić information content (AvgIpc) is 3.05. The van der Waals surface area contributed by atoms with E-state index in [0.29, 0.717) is 0 Å². The Bertz CT molecular complexity index is 1080. The van der Waals surface area contributed by atoms with Crippen molar-refractivity contribution in [3.05, 3.63) is 95.8 Å². The van der Waals surface area contributed by atoms with E-state index in [2.05, 4.69) is 78.2 Å². The van der Waals surface area contributed by atoms with Crippen LogP contribution < -0.4 is 4.74 Å². The first-order valence-electron chi connectivity index (χ1n) is 8.90. The third kappa shape index (κ3) is 1.91. The Hall–Kier alpha value is -3.07. The highest BCUT2D eigenvalue weighted by Crippen LogP contribution is 2.54. The van der Waals surface area contributed by atoms with Crippen LogP contribution in [0.4, 0.5) is 0 Å². The zero-order chi connectivity index (χ0) is 17.7. The molecular formula is C23H20N2O. The Morgan fingerprint density at radius 2 is 1.58 bits per heavy atom. The molecule has 26 heavy (non-hydrogen) atoms. The van der Waals surface area contributed by atoms with Gasteiger partial charge in [0, 0.05) is 0 Å². The smallest absolute Gasteiger partial charge is 0.123 e. The number of imidazole rings is 1. The molecular weight excluding hydrogens is 320 g/mol. The SMILES string of the molecule is COc1ccc([C@@H]2n3c(nc4ccccc43)[C@@]2(C)c2ccccc2)cc1. The van der Waals surface area contributed by atoms with Crippen molar-refractivity contribution >= 4 is 11.0 Å². The maximum absolute atomic E-state index is 5.34. The topological polar surface area (TPSA) is 27.1 Å². The first-order chi connectivity index (χ1) is 12.7. The van der Waals surface area contributed by atoms with Gasteiger partial charge in [-0.3, -0.25) is 0 Å². The summed E-state index contributed by atoms with van der Waals surface area (Å²) < 4.78 is 7.72. The molecule has 0 unspecified atom stereocenters. The Morgan fingerprint density at radius 3 is 2.31 bits per heavy atom. The predicted octanol–water partition coefficient (Wildman–Crippen LogP) is 4.95. The van der Waals surface area contributed by atoms with E-state index in [-0.39, 0.29) is 11.5 Å². The lowest BCUT2D eigenvalue weighted by Gasteiger charge is -2.48. The molecule has 0 spiro atoms. The number of methoxy groups -OCH3 is 1. The zero-order valence-electron chi connectivity index (χ0n) is 14.9. The van der Waals surface area contributed by atoms with E-state index in [1.807, 2.05) is 12.1 Å². The maximum atomic E-state index is 5.34. The second kappa shape index (κ2) is 5.46. The number of hydrogen-bond acceptors (Lipinski definition) is 2. The van der Waals surface area contributed by atoms with Gasteiger partial charge in [-0.15, -0.1) is 0 Å². The summed E-state index contributed by atoms with van der Waals surface area (Å²) in [5.41, 5.74) is 4.66. The van der Waals surface area contributed by atoms with Crippen LogP contribution in [0.1, 0.15) is 29.9 Å². The quantitative estimate of drug-likeness (QED) is 0.527. The van der Waals surface area contributed by atoms with Gasteiger partial charge in [0.1, 0.15) is 11.6 Å². The summed E-state index contributed by atoms with van der Waals surface area (Å²) >= 11 is 0. The van der Waals surface area contributed by atoms with Crippen LogP contribution in [0, 0.1) is 0 Å². The molecule has 0 radical (unpaired) electrons. The molecule has 128 valence electrons. The number of rotatable bonds is 3. The van der Waals surface area contributed by atoms with Gasteiger partial charge in [0.15, 0.2) is 0 Å². The van der Waals surface area contributed by atoms with Gasteiger partial charge in [-0.05, 0) is 42.3 Å². The van der Waals surface area contributed by atoms with E-state index >= 15 is 0 Å². The highest BCUT2D eigenvalue weighted by Gasteiger charge is 2.52. The van der Waals surface area contributed by atoms with Gasteiger partial charge < -0.3 is 9.30 Å². The lowest BCUT2D eigenvalue weighted by Crippen LogP contribution is -2.48. The molecule has 0 bridgehead atoms. The normalized spacial score (nSPS) is 21.2. The Labute approximate surface area is 152 Å². The van der Waals surface area contributed by atoms with Gasteiger partial charge in [0.05, 0.1) is 29.6 Å². The Kier molecular flexibility index (Phi) is 3.20. The van der Waals surface area contributed by atoms with Crippen LogP contribution in [-0.4, -0.2) is 16.7 Å². The molecule has 0 fully saturated rings. The molecule has 5 rings (SSSR count). The molecule has 2 atom stereocenters. The monoisotopic (exact) mass is 340 g/mol. The zero-order valence-corrected chi connectivity index (χ0v) is 14.9. The highest BCUT2D eigenvalue weighted by molar-refractivity contribution is 5.79. The fourth-order valence-corrected chi connectivity index (χ4v) is 4.33. The number of ether oxygens (including phenoxy) is 1. The molecule has 1 aliphatic rings. The van der Waals surface area contributed by atoms with Crippen LogP contribution in [0.2, 0.25) is 0 Å². The second-order valence-corrected chi connectivity index (χ2v) is 7.04. The van der Waals surface area contributed by atoms with Crippen molar-refractivity contribution < 1.29 is 4.74 Å². The van der Waals surface area contributed by atoms with E-state index in [4.69, 9.17) is 9.72 Å². The van der Waals surface area contributed by atoms with Crippen LogP contribution >= 0.6 is 0 Å². The molecule has 4 aromatic rings. The fraction of sp³-hybridized carbons (Fsp3) is 0.174. The van der Waals surface area contributed by atoms with Crippen LogP contribution in [0.25, 0.3) is 11.0 Å². The molecule has 0 N–H and O–H groups in total. The lowest BCUT2D eigenvalue weighted by atomic mass is 9.67. The second-order valence-electron chi connectivity index (χ2n) is 7.04. The lowest BCUT2D eigenvalue weighted by molar-refractivity contribution is 0.276. The number of benzene rings is 3. The maximum Gasteiger partial charge on any atom is 0.123 e. The third-order valence-corrected chi connectivity index (χ3v) is 5.67. The number of aromatic nitrogens is 2. The van der Waals surface area contributed by atoms with Gasteiger partial charge in [0.2, 0.25) is 0 Å². The van der Waals surface area contributed by atoms with E-state index < -0.39 is 0 Å². The molecule has 0 saturated heterocycles. The minimum atomic E-state index is -0.158. The number of fused-ring (bicyclic) bond motifs is 3. The van der Waals surface area contributed by atoms with Gasteiger partial charge in [-0.25, -0.2) is 4.98 Å². The van der Waals surface area contributed by atoms with Gasteiger partial charge in [-0.1, -0.05) is 54.6 Å². The molecule has 2 heterocycles. The van der Waals surface area contributed by atoms with Crippen molar-refractivity contribution in [2.45, 2.75) is 18.4 Å². The van der Waals surface area contributed by atoms with E-state index in [9.17, 15) is 0 Å². The molecule has 1 aromatic heterocycles. The fourth-order valence-electron chi connectivity index (χ4n) is 4.33. The van der Waals surface area contributed by atoms with Crippen LogP contribution in [0.15, 0.2) is 78.9 Å². The minimum absolute atomic E-state index is 0.158. The average molecular weight is 340 g/mol. The van der Waals surface area contributed by atoms with Crippen molar-refractivity contribution in [1.29, 1.82) is 0 Å². The summed E-state index contributed by atoms with van der Waals surface area (Å²) in [4.78, 5) is 4.98. The van der Waals surface area contributed by atoms with E-state index in [0.717, 1.165) is 17.1 Å². The summed E-state index contributed by atoms with van der Waals surface area (Å²) in [7, 11) is 1.70.